The van der Waals surface area contributed by atoms with E-state index in [2.05, 4.69) is 47.3 Å². The molecule has 0 saturated heterocycles. The summed E-state index contributed by atoms with van der Waals surface area (Å²) < 4.78 is 0. The Hall–Kier alpha value is -2.95. The number of aromatic carboxylic acids is 1. The molecule has 0 amide bonds. The van der Waals surface area contributed by atoms with Crippen molar-refractivity contribution in [3.8, 4) is 0 Å². The number of nitrogens with one attached hydrogen (secondary N) is 1. The van der Waals surface area contributed by atoms with Gasteiger partial charge in [-0.2, -0.15) is 0 Å². The number of carbonyl (C=O) groups is 1. The van der Waals surface area contributed by atoms with Crippen LogP contribution in [-0.2, 0) is 6.54 Å². The maximum Gasteiger partial charge on any atom is 0.337 e. The molecule has 5 heteroatoms. The Balaban J connectivity index is 1.92. The van der Waals surface area contributed by atoms with Crippen LogP contribution in [0.25, 0.3) is 10.9 Å². The molecule has 116 valence electrons. The molecule has 0 fully saturated rings. The van der Waals surface area contributed by atoms with Crippen molar-refractivity contribution in [1.82, 2.24) is 9.97 Å². The zero-order valence-electron chi connectivity index (χ0n) is 13.0. The standard InChI is InChI=1S/C18H17N3O2/c1-11-6-7-13(8-12(11)2)9-19-17-14-4-3-5-15(18(22)23)16(14)20-10-21-17/h3-8,10H,9H2,1-2H3,(H,22,23)(H,19,20,21). The molecule has 1 heterocycles. The molecule has 0 aliphatic heterocycles. The van der Waals surface area contributed by atoms with Gasteiger partial charge in [0.15, 0.2) is 0 Å². The van der Waals surface area contributed by atoms with Crippen LogP contribution in [0.4, 0.5) is 5.82 Å². The summed E-state index contributed by atoms with van der Waals surface area (Å²) in [6.45, 7) is 4.78. The molecule has 3 rings (SSSR count). The number of aryl methyl sites for hydroxylation is 2. The highest BCUT2D eigenvalue weighted by atomic mass is 16.4. The minimum Gasteiger partial charge on any atom is -0.478 e. The number of nitrogens with zero attached hydrogens (tertiary/aromatic N) is 2. The zero-order chi connectivity index (χ0) is 16.4. The van der Waals surface area contributed by atoms with Crippen LogP contribution in [0.1, 0.15) is 27.0 Å². The quantitative estimate of drug-likeness (QED) is 0.771. The van der Waals surface area contributed by atoms with Crippen molar-refractivity contribution in [3.63, 3.8) is 0 Å². The molecule has 2 N–H and O–H groups in total. The minimum atomic E-state index is -0.991. The van der Waals surface area contributed by atoms with Crippen LogP contribution in [0.15, 0.2) is 42.7 Å². The predicted molar refractivity (Wildman–Crippen MR) is 89.7 cm³/mol. The third-order valence-corrected chi connectivity index (χ3v) is 3.93. The maximum absolute atomic E-state index is 11.3. The summed E-state index contributed by atoms with van der Waals surface area (Å²) in [5.74, 6) is -0.356. The van der Waals surface area contributed by atoms with Gasteiger partial charge in [-0.1, -0.05) is 24.3 Å². The Morgan fingerprint density at radius 1 is 1.13 bits per heavy atom. The molecule has 5 nitrogen and oxygen atoms in total. The van der Waals surface area contributed by atoms with E-state index in [4.69, 9.17) is 0 Å². The summed E-state index contributed by atoms with van der Waals surface area (Å²) in [6.07, 6.45) is 1.39. The van der Waals surface area contributed by atoms with Gasteiger partial charge in [0.1, 0.15) is 12.1 Å². The van der Waals surface area contributed by atoms with Gasteiger partial charge >= 0.3 is 5.97 Å². The first-order chi connectivity index (χ1) is 11.1. The molecule has 0 saturated carbocycles. The van der Waals surface area contributed by atoms with Gasteiger partial charge in [0.05, 0.1) is 11.1 Å². The highest BCUT2D eigenvalue weighted by Crippen LogP contribution is 2.23. The lowest BCUT2D eigenvalue weighted by Gasteiger charge is -2.10. The van der Waals surface area contributed by atoms with E-state index in [0.29, 0.717) is 23.3 Å². The summed E-state index contributed by atoms with van der Waals surface area (Å²) >= 11 is 0. The van der Waals surface area contributed by atoms with Gasteiger partial charge in [-0.05, 0) is 42.7 Å². The van der Waals surface area contributed by atoms with Gasteiger partial charge in [-0.15, -0.1) is 0 Å². The van der Waals surface area contributed by atoms with E-state index in [-0.39, 0.29) is 5.56 Å². The van der Waals surface area contributed by atoms with Crippen LogP contribution in [0.3, 0.4) is 0 Å². The Morgan fingerprint density at radius 3 is 2.70 bits per heavy atom. The Kier molecular flexibility index (Phi) is 3.93. The number of fused-ring (bicyclic) bond motifs is 1. The summed E-state index contributed by atoms with van der Waals surface area (Å²) in [4.78, 5) is 19.7. The first-order valence-corrected chi connectivity index (χ1v) is 7.33. The van der Waals surface area contributed by atoms with Gasteiger partial charge in [-0.3, -0.25) is 0 Å². The second kappa shape index (κ2) is 6.04. The van der Waals surface area contributed by atoms with Crippen LogP contribution in [0.5, 0.6) is 0 Å². The number of rotatable bonds is 4. The number of anilines is 1. The van der Waals surface area contributed by atoms with E-state index < -0.39 is 5.97 Å². The van der Waals surface area contributed by atoms with Crippen molar-refractivity contribution in [2.45, 2.75) is 20.4 Å². The summed E-state index contributed by atoms with van der Waals surface area (Å²) in [7, 11) is 0. The number of hydrogen-bond donors (Lipinski definition) is 2. The SMILES string of the molecule is Cc1ccc(CNc2ncnc3c(C(=O)O)cccc23)cc1C. The highest BCUT2D eigenvalue weighted by molar-refractivity contribution is 6.04. The van der Waals surface area contributed by atoms with E-state index in [0.717, 1.165) is 5.56 Å². The molecule has 0 aliphatic carbocycles. The predicted octanol–water partition coefficient (Wildman–Crippen LogP) is 3.56. The highest BCUT2D eigenvalue weighted by Gasteiger charge is 2.12. The smallest absolute Gasteiger partial charge is 0.337 e. The van der Waals surface area contributed by atoms with Crippen LogP contribution in [0.2, 0.25) is 0 Å². The first kappa shape index (κ1) is 15.0. The normalized spacial score (nSPS) is 10.7. The molecular weight excluding hydrogens is 290 g/mol. The van der Waals surface area contributed by atoms with Gasteiger partial charge in [-0.25, -0.2) is 14.8 Å². The number of carboxylic acid groups (broad SMARTS) is 1. The van der Waals surface area contributed by atoms with Crippen molar-refractivity contribution < 1.29 is 9.90 Å². The number of aromatic nitrogens is 2. The Labute approximate surface area is 134 Å². The fraction of sp³-hybridized carbons (Fsp3) is 0.167. The molecule has 0 atom stereocenters. The minimum absolute atomic E-state index is 0.180. The third kappa shape index (κ3) is 2.99. The number of hydrogen-bond acceptors (Lipinski definition) is 4. The average molecular weight is 307 g/mol. The number of para-hydroxylation sites is 1. The molecule has 1 aromatic heterocycles. The fourth-order valence-corrected chi connectivity index (χ4v) is 2.50. The number of carboxylic acids is 1. The van der Waals surface area contributed by atoms with Gasteiger partial charge in [0.25, 0.3) is 0 Å². The van der Waals surface area contributed by atoms with Crippen LogP contribution < -0.4 is 5.32 Å². The summed E-state index contributed by atoms with van der Waals surface area (Å²) in [6, 6.07) is 11.4. The molecule has 0 spiro atoms. The van der Waals surface area contributed by atoms with Gasteiger partial charge in [0.2, 0.25) is 0 Å². The van der Waals surface area contributed by atoms with Crippen LogP contribution in [0, 0.1) is 13.8 Å². The van der Waals surface area contributed by atoms with Gasteiger partial charge < -0.3 is 10.4 Å². The van der Waals surface area contributed by atoms with Crippen molar-refractivity contribution in [1.29, 1.82) is 0 Å². The zero-order valence-corrected chi connectivity index (χ0v) is 13.0. The third-order valence-electron chi connectivity index (χ3n) is 3.93. The lowest BCUT2D eigenvalue weighted by atomic mass is 10.1. The van der Waals surface area contributed by atoms with E-state index in [9.17, 15) is 9.90 Å². The van der Waals surface area contributed by atoms with Crippen LogP contribution >= 0.6 is 0 Å². The molecule has 0 bridgehead atoms. The van der Waals surface area contributed by atoms with Gasteiger partial charge in [0, 0.05) is 11.9 Å². The second-order valence-electron chi connectivity index (χ2n) is 5.50. The van der Waals surface area contributed by atoms with Crippen molar-refractivity contribution >= 4 is 22.7 Å². The van der Waals surface area contributed by atoms with Crippen molar-refractivity contribution in [2.75, 3.05) is 5.32 Å². The molecule has 0 radical (unpaired) electrons. The lowest BCUT2D eigenvalue weighted by molar-refractivity contribution is 0.0699. The van der Waals surface area contributed by atoms with Crippen LogP contribution in [-0.4, -0.2) is 21.0 Å². The second-order valence-corrected chi connectivity index (χ2v) is 5.50. The Morgan fingerprint density at radius 2 is 1.96 bits per heavy atom. The largest absolute Gasteiger partial charge is 0.478 e. The van der Waals surface area contributed by atoms with Crippen molar-refractivity contribution in [3.05, 3.63) is 65.0 Å². The summed E-state index contributed by atoms with van der Waals surface area (Å²) in [5, 5.41) is 13.2. The number of benzene rings is 2. The molecule has 2 aromatic carbocycles. The van der Waals surface area contributed by atoms with Crippen molar-refractivity contribution in [2.24, 2.45) is 0 Å². The summed E-state index contributed by atoms with van der Waals surface area (Å²) in [5.41, 5.74) is 4.27. The maximum atomic E-state index is 11.3. The first-order valence-electron chi connectivity index (χ1n) is 7.33. The fourth-order valence-electron chi connectivity index (χ4n) is 2.50. The van der Waals surface area contributed by atoms with E-state index in [1.54, 1.807) is 12.1 Å². The van der Waals surface area contributed by atoms with E-state index in [1.807, 2.05) is 6.07 Å². The molecular formula is C18H17N3O2. The topological polar surface area (TPSA) is 75.1 Å². The average Bonchev–Trinajstić information content (AvgIpc) is 2.55. The molecule has 23 heavy (non-hydrogen) atoms. The molecule has 0 aliphatic rings. The monoisotopic (exact) mass is 307 g/mol. The molecule has 0 unspecified atom stereocenters. The van der Waals surface area contributed by atoms with E-state index in [1.165, 1.54) is 17.5 Å². The Bertz CT molecular complexity index is 891. The lowest BCUT2D eigenvalue weighted by Crippen LogP contribution is -2.05. The molecule has 3 aromatic rings. The van der Waals surface area contributed by atoms with E-state index >= 15 is 0 Å².